The molecule has 5 nitrogen and oxygen atoms in total. The molecule has 0 N–H and O–H groups in total. The molecule has 2 heterocycles. The maximum atomic E-state index is 12.7. The Bertz CT molecular complexity index is 693. The molecule has 2 aromatic rings. The van der Waals surface area contributed by atoms with Crippen LogP contribution in [0.3, 0.4) is 0 Å². The van der Waals surface area contributed by atoms with Gasteiger partial charge in [-0.2, -0.15) is 18.2 Å². The number of alkyl halides is 3. The Hall–Kier alpha value is -2.51. The molecule has 1 aliphatic heterocycles. The average molecular weight is 284 g/mol. The minimum atomic E-state index is -4.50. The number of fused-ring (bicyclic) bond motifs is 2. The summed E-state index contributed by atoms with van der Waals surface area (Å²) < 4.78 is 48.3. The van der Waals surface area contributed by atoms with Crippen LogP contribution in [0.1, 0.15) is 16.1 Å². The Labute approximate surface area is 110 Å². The van der Waals surface area contributed by atoms with E-state index in [4.69, 9.17) is 9.15 Å². The van der Waals surface area contributed by atoms with Crippen molar-refractivity contribution in [1.82, 2.24) is 4.98 Å². The molecule has 0 spiro atoms. The summed E-state index contributed by atoms with van der Waals surface area (Å²) in [5, 5.41) is 0. The third-order valence-corrected chi connectivity index (χ3v) is 2.89. The van der Waals surface area contributed by atoms with Gasteiger partial charge >= 0.3 is 6.18 Å². The highest BCUT2D eigenvalue weighted by molar-refractivity contribution is 6.07. The van der Waals surface area contributed by atoms with Gasteiger partial charge in [-0.05, 0) is 18.2 Å². The first-order valence-corrected chi connectivity index (χ1v) is 5.48. The van der Waals surface area contributed by atoms with Gasteiger partial charge in [-0.1, -0.05) is 0 Å². The minimum absolute atomic E-state index is 0.00183. The molecule has 0 saturated heterocycles. The predicted molar refractivity (Wildman–Crippen MR) is 60.8 cm³/mol. The molecule has 0 atom stereocenters. The zero-order valence-corrected chi connectivity index (χ0v) is 10.1. The van der Waals surface area contributed by atoms with Crippen LogP contribution in [-0.4, -0.2) is 17.9 Å². The van der Waals surface area contributed by atoms with E-state index in [0.29, 0.717) is 0 Å². The molecule has 20 heavy (non-hydrogen) atoms. The lowest BCUT2D eigenvalue weighted by atomic mass is 10.1. The average Bonchev–Trinajstić information content (AvgIpc) is 2.81. The molecule has 0 saturated carbocycles. The molecule has 0 bridgehead atoms. The molecule has 0 fully saturated rings. The zero-order chi connectivity index (χ0) is 14.5. The summed E-state index contributed by atoms with van der Waals surface area (Å²) in [6.07, 6.45) is -3.47. The normalized spacial score (nSPS) is 14.4. The fourth-order valence-corrected chi connectivity index (χ4v) is 1.86. The Kier molecular flexibility index (Phi) is 2.50. The summed E-state index contributed by atoms with van der Waals surface area (Å²) in [4.78, 5) is 16.8. The molecule has 104 valence electrons. The van der Waals surface area contributed by atoms with E-state index in [1.165, 1.54) is 7.05 Å². The van der Waals surface area contributed by atoms with E-state index in [2.05, 4.69) is 4.98 Å². The van der Waals surface area contributed by atoms with Crippen molar-refractivity contribution in [3.8, 4) is 11.6 Å². The van der Waals surface area contributed by atoms with Gasteiger partial charge in [-0.3, -0.25) is 4.79 Å². The standard InChI is InChI=1S/C12H7F3N2O3/c1-17-7-4-6(12(13,14)15)2-3-8(7)20-10-9(11(17)18)19-5-16-10/h2-5H,1H3. The molecule has 0 aliphatic carbocycles. The van der Waals surface area contributed by atoms with Crippen LogP contribution in [0.5, 0.6) is 11.6 Å². The monoisotopic (exact) mass is 284 g/mol. The molecule has 3 rings (SSSR count). The van der Waals surface area contributed by atoms with Crippen LogP contribution in [0.25, 0.3) is 0 Å². The third-order valence-electron chi connectivity index (χ3n) is 2.89. The van der Waals surface area contributed by atoms with Crippen molar-refractivity contribution in [3.05, 3.63) is 35.9 Å². The van der Waals surface area contributed by atoms with E-state index in [-0.39, 0.29) is 23.1 Å². The quantitative estimate of drug-likeness (QED) is 0.746. The second-order valence-electron chi connectivity index (χ2n) is 4.13. The fourth-order valence-electron chi connectivity index (χ4n) is 1.86. The summed E-state index contributed by atoms with van der Waals surface area (Å²) in [5.74, 6) is -0.755. The molecule has 1 aromatic heterocycles. The first-order chi connectivity index (χ1) is 9.38. The van der Waals surface area contributed by atoms with Gasteiger partial charge in [0.2, 0.25) is 0 Å². The lowest BCUT2D eigenvalue weighted by Gasteiger charge is -2.17. The molecule has 1 aliphatic rings. The number of anilines is 1. The zero-order valence-electron chi connectivity index (χ0n) is 10.1. The Balaban J connectivity index is 2.16. The number of hydrogen-bond acceptors (Lipinski definition) is 4. The number of benzene rings is 1. The summed E-state index contributed by atoms with van der Waals surface area (Å²) in [7, 11) is 1.34. The smallest absolute Gasteiger partial charge is 0.416 e. The number of amides is 1. The second kappa shape index (κ2) is 3.99. The van der Waals surface area contributed by atoms with Crippen LogP contribution in [0.2, 0.25) is 0 Å². The molecule has 1 amide bonds. The van der Waals surface area contributed by atoms with E-state index >= 15 is 0 Å². The Morgan fingerprint density at radius 1 is 1.30 bits per heavy atom. The van der Waals surface area contributed by atoms with Gasteiger partial charge < -0.3 is 14.1 Å². The largest absolute Gasteiger partial charge is 0.434 e. The summed E-state index contributed by atoms with van der Waals surface area (Å²) in [6, 6.07) is 2.87. The van der Waals surface area contributed by atoms with Crippen molar-refractivity contribution in [2.24, 2.45) is 0 Å². The number of rotatable bonds is 0. The van der Waals surface area contributed by atoms with Gasteiger partial charge in [0.15, 0.2) is 12.1 Å². The van der Waals surface area contributed by atoms with Gasteiger partial charge in [0, 0.05) is 7.05 Å². The molecule has 0 radical (unpaired) electrons. The highest BCUT2D eigenvalue weighted by Crippen LogP contribution is 2.41. The molecule has 0 unspecified atom stereocenters. The van der Waals surface area contributed by atoms with Crippen LogP contribution in [0, 0.1) is 0 Å². The third kappa shape index (κ3) is 1.80. The van der Waals surface area contributed by atoms with Crippen molar-refractivity contribution in [1.29, 1.82) is 0 Å². The van der Waals surface area contributed by atoms with E-state index in [0.717, 1.165) is 29.5 Å². The highest BCUT2D eigenvalue weighted by Gasteiger charge is 2.35. The summed E-state index contributed by atoms with van der Waals surface area (Å²) >= 11 is 0. The van der Waals surface area contributed by atoms with Crippen molar-refractivity contribution in [2.45, 2.75) is 6.18 Å². The number of aromatic nitrogens is 1. The SMILES string of the molecule is CN1C(=O)c2ocnc2Oc2ccc(C(F)(F)F)cc21. The summed E-state index contributed by atoms with van der Waals surface area (Å²) in [5.41, 5.74) is -0.871. The predicted octanol–water partition coefficient (Wildman–Crippen LogP) is 3.08. The Morgan fingerprint density at radius 2 is 2.05 bits per heavy atom. The number of hydrogen-bond donors (Lipinski definition) is 0. The number of ether oxygens (including phenoxy) is 1. The Morgan fingerprint density at radius 3 is 2.75 bits per heavy atom. The van der Waals surface area contributed by atoms with Gasteiger partial charge in [-0.15, -0.1) is 0 Å². The van der Waals surface area contributed by atoms with Crippen LogP contribution >= 0.6 is 0 Å². The first-order valence-electron chi connectivity index (χ1n) is 5.48. The second-order valence-corrected chi connectivity index (χ2v) is 4.13. The van der Waals surface area contributed by atoms with Gasteiger partial charge in [0.25, 0.3) is 17.5 Å². The van der Waals surface area contributed by atoms with Gasteiger partial charge in [0.05, 0.1) is 11.3 Å². The number of carbonyl (C=O) groups excluding carboxylic acids is 1. The van der Waals surface area contributed by atoms with Crippen molar-refractivity contribution in [2.75, 3.05) is 11.9 Å². The van der Waals surface area contributed by atoms with Crippen LogP contribution in [0.15, 0.2) is 29.0 Å². The topological polar surface area (TPSA) is 55.6 Å². The van der Waals surface area contributed by atoms with Crippen molar-refractivity contribution in [3.63, 3.8) is 0 Å². The van der Waals surface area contributed by atoms with Gasteiger partial charge in [0.1, 0.15) is 0 Å². The van der Waals surface area contributed by atoms with E-state index in [9.17, 15) is 18.0 Å². The minimum Gasteiger partial charge on any atom is -0.434 e. The van der Waals surface area contributed by atoms with Gasteiger partial charge in [-0.25, -0.2) is 0 Å². The van der Waals surface area contributed by atoms with Crippen molar-refractivity contribution < 1.29 is 27.1 Å². The number of nitrogens with zero attached hydrogens (tertiary/aromatic N) is 2. The highest BCUT2D eigenvalue weighted by atomic mass is 19.4. The number of halogens is 3. The summed E-state index contributed by atoms with van der Waals surface area (Å²) in [6.45, 7) is 0. The molecule has 8 heteroatoms. The lowest BCUT2D eigenvalue weighted by Crippen LogP contribution is -2.25. The van der Waals surface area contributed by atoms with Crippen LogP contribution < -0.4 is 9.64 Å². The van der Waals surface area contributed by atoms with Crippen LogP contribution in [0.4, 0.5) is 18.9 Å². The fraction of sp³-hybridized carbons (Fsp3) is 0.167. The number of oxazole rings is 1. The maximum absolute atomic E-state index is 12.7. The molecular formula is C12H7F3N2O3. The lowest BCUT2D eigenvalue weighted by molar-refractivity contribution is -0.137. The first kappa shape index (κ1) is 12.5. The van der Waals surface area contributed by atoms with E-state index in [1.54, 1.807) is 0 Å². The molecular weight excluding hydrogens is 277 g/mol. The van der Waals surface area contributed by atoms with Crippen LogP contribution in [-0.2, 0) is 6.18 Å². The molecule has 1 aromatic carbocycles. The maximum Gasteiger partial charge on any atom is 0.416 e. The van der Waals surface area contributed by atoms with Crippen molar-refractivity contribution >= 4 is 11.6 Å². The van der Waals surface area contributed by atoms with E-state index < -0.39 is 17.6 Å². The number of carbonyl (C=O) groups is 1. The van der Waals surface area contributed by atoms with E-state index in [1.807, 2.05) is 0 Å².